The van der Waals surface area contributed by atoms with Gasteiger partial charge in [0, 0.05) is 17.6 Å². The Morgan fingerprint density at radius 3 is 2.68 bits per heavy atom. The molecule has 1 atom stereocenters. The van der Waals surface area contributed by atoms with Gasteiger partial charge in [-0.15, -0.1) is 11.3 Å². The summed E-state index contributed by atoms with van der Waals surface area (Å²) < 4.78 is 18.7. The van der Waals surface area contributed by atoms with Crippen molar-refractivity contribution in [3.8, 4) is 5.75 Å². The molecule has 5 nitrogen and oxygen atoms in total. The lowest BCUT2D eigenvalue weighted by molar-refractivity contribution is 0.223. The van der Waals surface area contributed by atoms with Crippen LogP contribution < -0.4 is 15.4 Å². The number of hydrogen-bond donors (Lipinski definition) is 2. The molecule has 0 saturated heterocycles. The van der Waals surface area contributed by atoms with Gasteiger partial charge in [-0.3, -0.25) is 0 Å². The molecule has 2 N–H and O–H groups in total. The Bertz CT molecular complexity index is 672. The van der Waals surface area contributed by atoms with E-state index in [1.54, 1.807) is 23.5 Å². The summed E-state index contributed by atoms with van der Waals surface area (Å²) in [4.78, 5) is 10.2. The van der Waals surface area contributed by atoms with Crippen LogP contribution in [0.4, 0.5) is 4.39 Å². The van der Waals surface area contributed by atoms with E-state index in [9.17, 15) is 4.39 Å². The number of aromatic nitrogens is 1. The van der Waals surface area contributed by atoms with Gasteiger partial charge in [0.05, 0.1) is 13.1 Å². The number of halogens is 1. The lowest BCUT2D eigenvalue weighted by Gasteiger charge is -2.17. The van der Waals surface area contributed by atoms with Gasteiger partial charge in [-0.1, -0.05) is 6.92 Å². The van der Waals surface area contributed by atoms with E-state index in [1.807, 2.05) is 20.0 Å². The van der Waals surface area contributed by atoms with Crippen LogP contribution in [0.25, 0.3) is 0 Å². The second-order valence-corrected chi connectivity index (χ2v) is 6.73. The molecule has 0 aliphatic rings. The molecule has 0 bridgehead atoms. The van der Waals surface area contributed by atoms with E-state index in [-0.39, 0.29) is 11.9 Å². The minimum atomic E-state index is -0.270. The number of ether oxygens (including phenoxy) is 1. The van der Waals surface area contributed by atoms with Gasteiger partial charge >= 0.3 is 0 Å². The summed E-state index contributed by atoms with van der Waals surface area (Å²) in [6, 6.07) is 6.02. The molecule has 25 heavy (non-hydrogen) atoms. The average molecular weight is 364 g/mol. The third-order valence-corrected chi connectivity index (χ3v) is 4.50. The number of thiazole rings is 1. The van der Waals surface area contributed by atoms with Crippen molar-refractivity contribution in [2.75, 3.05) is 13.1 Å². The summed E-state index contributed by atoms with van der Waals surface area (Å²) in [6.45, 7) is 8.00. The van der Waals surface area contributed by atoms with E-state index in [1.165, 1.54) is 17.0 Å². The molecule has 2 aromatic rings. The highest BCUT2D eigenvalue weighted by Crippen LogP contribution is 2.14. The highest BCUT2D eigenvalue weighted by atomic mass is 32.1. The van der Waals surface area contributed by atoms with Crippen LogP contribution in [0.3, 0.4) is 0 Å². The van der Waals surface area contributed by atoms with E-state index in [0.717, 1.165) is 23.9 Å². The van der Waals surface area contributed by atoms with E-state index in [2.05, 4.69) is 27.5 Å². The third-order valence-electron chi connectivity index (χ3n) is 3.37. The maximum absolute atomic E-state index is 12.9. The van der Waals surface area contributed by atoms with Crippen molar-refractivity contribution in [2.24, 2.45) is 4.99 Å². The first-order valence-electron chi connectivity index (χ1n) is 8.48. The Labute approximate surface area is 152 Å². The van der Waals surface area contributed by atoms with Crippen LogP contribution in [-0.4, -0.2) is 30.1 Å². The van der Waals surface area contributed by atoms with E-state index >= 15 is 0 Å². The number of hydrogen-bond acceptors (Lipinski definition) is 4. The molecule has 2 rings (SSSR count). The van der Waals surface area contributed by atoms with Crippen molar-refractivity contribution in [1.29, 1.82) is 0 Å². The molecule has 1 aromatic carbocycles. The van der Waals surface area contributed by atoms with Crippen LogP contribution in [0.1, 0.15) is 30.7 Å². The Kier molecular flexibility index (Phi) is 7.66. The van der Waals surface area contributed by atoms with Gasteiger partial charge in [0.15, 0.2) is 5.96 Å². The topological polar surface area (TPSA) is 58.5 Å². The van der Waals surface area contributed by atoms with Crippen molar-refractivity contribution in [1.82, 2.24) is 15.6 Å². The quantitative estimate of drug-likeness (QED) is 0.557. The summed E-state index contributed by atoms with van der Waals surface area (Å²) in [5.41, 5.74) is 0. The lowest BCUT2D eigenvalue weighted by Crippen LogP contribution is -2.41. The third kappa shape index (κ3) is 6.70. The van der Waals surface area contributed by atoms with E-state index in [4.69, 9.17) is 4.74 Å². The minimum absolute atomic E-state index is 0.0825. The summed E-state index contributed by atoms with van der Waals surface area (Å²) in [6.07, 6.45) is 2.83. The second-order valence-electron chi connectivity index (χ2n) is 5.53. The van der Waals surface area contributed by atoms with Crippen LogP contribution in [0.2, 0.25) is 0 Å². The first kappa shape index (κ1) is 19.2. The fourth-order valence-corrected chi connectivity index (χ4v) is 2.89. The van der Waals surface area contributed by atoms with Gasteiger partial charge in [0.2, 0.25) is 0 Å². The molecular formula is C18H25FN4OS. The molecule has 0 fully saturated rings. The van der Waals surface area contributed by atoms with Crippen molar-refractivity contribution < 1.29 is 9.13 Å². The van der Waals surface area contributed by atoms with Gasteiger partial charge in [-0.25, -0.2) is 14.4 Å². The molecule has 0 spiro atoms. The van der Waals surface area contributed by atoms with Crippen LogP contribution in [0.15, 0.2) is 35.5 Å². The smallest absolute Gasteiger partial charge is 0.191 e. The highest BCUT2D eigenvalue weighted by Gasteiger charge is 2.07. The van der Waals surface area contributed by atoms with E-state index in [0.29, 0.717) is 18.8 Å². The maximum atomic E-state index is 12.9. The molecule has 136 valence electrons. The molecule has 1 heterocycles. The number of guanidine groups is 1. The van der Waals surface area contributed by atoms with Crippen LogP contribution >= 0.6 is 11.3 Å². The minimum Gasteiger partial charge on any atom is -0.489 e. The lowest BCUT2D eigenvalue weighted by atomic mass is 10.3. The zero-order chi connectivity index (χ0) is 18.1. The first-order valence-corrected chi connectivity index (χ1v) is 9.30. The van der Waals surface area contributed by atoms with Crippen LogP contribution in [0, 0.1) is 5.82 Å². The van der Waals surface area contributed by atoms with Crippen molar-refractivity contribution in [2.45, 2.75) is 39.8 Å². The van der Waals surface area contributed by atoms with Gasteiger partial charge < -0.3 is 15.4 Å². The number of aliphatic imine (C=N–C) groups is 1. The predicted octanol–water partition coefficient (Wildman–Crippen LogP) is 3.37. The Morgan fingerprint density at radius 2 is 2.04 bits per heavy atom. The normalized spacial score (nSPS) is 12.7. The Balaban J connectivity index is 1.84. The molecule has 0 radical (unpaired) electrons. The van der Waals surface area contributed by atoms with Crippen molar-refractivity contribution in [3.63, 3.8) is 0 Å². The number of aryl methyl sites for hydroxylation is 1. The average Bonchev–Trinajstić information content (AvgIpc) is 3.07. The summed E-state index contributed by atoms with van der Waals surface area (Å²) in [7, 11) is 0. The van der Waals surface area contributed by atoms with Gasteiger partial charge in [0.1, 0.15) is 22.7 Å². The number of nitrogens with one attached hydrogen (secondary N) is 2. The SMILES string of the molecule is CCNC(=NCc1ncc(CC)s1)NCC(C)Oc1ccc(F)cc1. The number of nitrogens with zero attached hydrogens (tertiary/aromatic N) is 2. The van der Waals surface area contributed by atoms with Crippen molar-refractivity contribution in [3.05, 3.63) is 46.2 Å². The standard InChI is InChI=1S/C18H25FN4OS/c1-4-16-11-21-17(25-16)12-23-18(20-5-2)22-10-13(3)24-15-8-6-14(19)7-9-15/h6-9,11,13H,4-5,10,12H2,1-3H3,(H2,20,22,23). The molecule has 1 aromatic heterocycles. The fourth-order valence-electron chi connectivity index (χ4n) is 2.10. The van der Waals surface area contributed by atoms with Crippen molar-refractivity contribution >= 4 is 17.3 Å². The van der Waals surface area contributed by atoms with E-state index < -0.39 is 0 Å². The first-order chi connectivity index (χ1) is 12.1. The second kappa shape index (κ2) is 9.98. The molecule has 0 saturated carbocycles. The molecule has 0 aliphatic heterocycles. The van der Waals surface area contributed by atoms with Crippen LogP contribution in [0.5, 0.6) is 5.75 Å². The molecule has 7 heteroatoms. The summed E-state index contributed by atoms with van der Waals surface area (Å²) in [5.74, 6) is 1.10. The fraction of sp³-hybridized carbons (Fsp3) is 0.444. The zero-order valence-electron chi connectivity index (χ0n) is 14.9. The highest BCUT2D eigenvalue weighted by molar-refractivity contribution is 7.11. The summed E-state index contributed by atoms with van der Waals surface area (Å²) >= 11 is 1.69. The van der Waals surface area contributed by atoms with Gasteiger partial charge in [0.25, 0.3) is 0 Å². The monoisotopic (exact) mass is 364 g/mol. The molecular weight excluding hydrogens is 339 g/mol. The maximum Gasteiger partial charge on any atom is 0.191 e. The zero-order valence-corrected chi connectivity index (χ0v) is 15.7. The van der Waals surface area contributed by atoms with Gasteiger partial charge in [-0.2, -0.15) is 0 Å². The van der Waals surface area contributed by atoms with Crippen LogP contribution in [-0.2, 0) is 13.0 Å². The molecule has 0 aliphatic carbocycles. The summed E-state index contributed by atoms with van der Waals surface area (Å²) in [5, 5.41) is 7.48. The largest absolute Gasteiger partial charge is 0.489 e. The Hall–Kier alpha value is -2.15. The predicted molar refractivity (Wildman–Crippen MR) is 101 cm³/mol. The molecule has 1 unspecified atom stereocenters. The number of benzene rings is 1. The van der Waals surface area contributed by atoms with Gasteiger partial charge in [-0.05, 0) is 44.5 Å². The molecule has 0 amide bonds. The Morgan fingerprint density at radius 1 is 1.28 bits per heavy atom. The number of rotatable bonds is 8.